The first-order chi connectivity index (χ1) is 14.3. The van der Waals surface area contributed by atoms with Crippen LogP contribution in [0.3, 0.4) is 0 Å². The van der Waals surface area contributed by atoms with Gasteiger partial charge in [0.05, 0.1) is 17.9 Å². The Balaban J connectivity index is 1.80. The van der Waals surface area contributed by atoms with Crippen LogP contribution in [0.25, 0.3) is 6.08 Å². The van der Waals surface area contributed by atoms with Crippen LogP contribution in [-0.2, 0) is 4.79 Å². The highest BCUT2D eigenvalue weighted by Crippen LogP contribution is 2.29. The molecule has 0 aliphatic carbocycles. The van der Waals surface area contributed by atoms with Gasteiger partial charge in [-0.1, -0.05) is 73.7 Å². The van der Waals surface area contributed by atoms with Crippen molar-refractivity contribution in [3.8, 4) is 5.75 Å². The quantitative estimate of drug-likeness (QED) is 0.542. The molecular weight excluding hydrogens is 360 g/mol. The molecule has 4 nitrogen and oxygen atoms in total. The Morgan fingerprint density at radius 3 is 2.28 bits per heavy atom. The second-order valence-corrected chi connectivity index (χ2v) is 6.71. The molecule has 4 rings (SSSR count). The first-order valence-electron chi connectivity index (χ1n) is 9.75. The van der Waals surface area contributed by atoms with Crippen LogP contribution in [0.2, 0.25) is 0 Å². The van der Waals surface area contributed by atoms with Crippen molar-refractivity contribution in [2.24, 2.45) is 5.10 Å². The van der Waals surface area contributed by atoms with Crippen LogP contribution in [0.1, 0.15) is 24.5 Å². The van der Waals surface area contributed by atoms with Gasteiger partial charge in [-0.3, -0.25) is 4.79 Å². The summed E-state index contributed by atoms with van der Waals surface area (Å²) >= 11 is 0. The monoisotopic (exact) mass is 382 g/mol. The lowest BCUT2D eigenvalue weighted by atomic mass is 10.00. The van der Waals surface area contributed by atoms with Gasteiger partial charge in [0.25, 0.3) is 5.91 Å². The molecule has 0 N–H and O–H groups in total. The minimum Gasteiger partial charge on any atom is -0.493 e. The lowest BCUT2D eigenvalue weighted by Crippen LogP contribution is -2.21. The summed E-state index contributed by atoms with van der Waals surface area (Å²) in [6.07, 6.45) is 2.80. The van der Waals surface area contributed by atoms with E-state index in [2.05, 4.69) is 12.0 Å². The van der Waals surface area contributed by atoms with Crippen LogP contribution >= 0.6 is 0 Å². The fraction of sp³-hybridized carbons (Fsp3) is 0.120. The lowest BCUT2D eigenvalue weighted by molar-refractivity contribution is -0.114. The Hall–Kier alpha value is -3.66. The second kappa shape index (κ2) is 8.57. The smallest absolute Gasteiger partial charge is 0.281 e. The molecule has 0 bridgehead atoms. The summed E-state index contributed by atoms with van der Waals surface area (Å²) in [5.74, 6) is 0.612. The van der Waals surface area contributed by atoms with E-state index in [9.17, 15) is 4.79 Å². The van der Waals surface area contributed by atoms with Gasteiger partial charge >= 0.3 is 0 Å². The van der Waals surface area contributed by atoms with Crippen LogP contribution in [0, 0.1) is 0 Å². The Bertz CT molecular complexity index is 1060. The van der Waals surface area contributed by atoms with Crippen molar-refractivity contribution < 1.29 is 9.53 Å². The van der Waals surface area contributed by atoms with Gasteiger partial charge in [-0.15, -0.1) is 0 Å². The number of carbonyl (C=O) groups is 1. The van der Waals surface area contributed by atoms with Crippen molar-refractivity contribution in [3.05, 3.63) is 102 Å². The number of ether oxygens (including phenoxy) is 1. The molecule has 3 aromatic rings. The van der Waals surface area contributed by atoms with Gasteiger partial charge in [-0.2, -0.15) is 10.1 Å². The predicted molar refractivity (Wildman–Crippen MR) is 117 cm³/mol. The molecule has 0 saturated heterocycles. The Kier molecular flexibility index (Phi) is 5.52. The highest BCUT2D eigenvalue weighted by Gasteiger charge is 2.32. The Morgan fingerprint density at radius 2 is 1.55 bits per heavy atom. The second-order valence-electron chi connectivity index (χ2n) is 6.71. The topological polar surface area (TPSA) is 41.9 Å². The molecule has 0 unspecified atom stereocenters. The van der Waals surface area contributed by atoms with Crippen molar-refractivity contribution in [2.45, 2.75) is 13.3 Å². The SMILES string of the molecule is CCCOc1ccccc1/C=C1\C(=O)N(c2ccccc2)N=C1c1ccccc1. The van der Waals surface area contributed by atoms with Gasteiger partial charge in [-0.25, -0.2) is 0 Å². The van der Waals surface area contributed by atoms with Gasteiger partial charge < -0.3 is 4.74 Å². The van der Waals surface area contributed by atoms with Gasteiger partial charge in [0.15, 0.2) is 0 Å². The number of hydrogen-bond donors (Lipinski definition) is 0. The van der Waals surface area contributed by atoms with Crippen LogP contribution in [-0.4, -0.2) is 18.2 Å². The van der Waals surface area contributed by atoms with E-state index in [-0.39, 0.29) is 5.91 Å². The maximum absolute atomic E-state index is 13.3. The predicted octanol–water partition coefficient (Wildman–Crippen LogP) is 5.31. The molecule has 1 amide bonds. The number of carbonyl (C=O) groups excluding carboxylic acids is 1. The molecule has 0 spiro atoms. The Morgan fingerprint density at radius 1 is 0.897 bits per heavy atom. The summed E-state index contributed by atoms with van der Waals surface area (Å²) in [5.41, 5.74) is 3.71. The van der Waals surface area contributed by atoms with Gasteiger partial charge in [0.1, 0.15) is 11.5 Å². The van der Waals surface area contributed by atoms with E-state index >= 15 is 0 Å². The zero-order valence-corrected chi connectivity index (χ0v) is 16.3. The number of para-hydroxylation sites is 2. The van der Waals surface area contributed by atoms with Crippen molar-refractivity contribution >= 4 is 23.4 Å². The summed E-state index contributed by atoms with van der Waals surface area (Å²) in [4.78, 5) is 13.3. The summed E-state index contributed by atoms with van der Waals surface area (Å²) in [5, 5.41) is 6.13. The highest BCUT2D eigenvalue weighted by molar-refractivity contribution is 6.37. The van der Waals surface area contributed by atoms with Crippen molar-refractivity contribution in [2.75, 3.05) is 11.6 Å². The summed E-state index contributed by atoms with van der Waals surface area (Å²) in [6.45, 7) is 2.70. The van der Waals surface area contributed by atoms with Crippen molar-refractivity contribution in [1.82, 2.24) is 0 Å². The minimum absolute atomic E-state index is 0.152. The number of benzene rings is 3. The summed E-state index contributed by atoms with van der Waals surface area (Å²) in [7, 11) is 0. The van der Waals surface area contributed by atoms with E-state index in [0.717, 1.165) is 29.0 Å². The standard InChI is InChI=1S/C25H22N2O2/c1-2-17-29-23-16-10-9-13-20(23)18-22-24(19-11-5-3-6-12-19)26-27(25(22)28)21-14-7-4-8-15-21/h3-16,18H,2,17H2,1H3/b22-18-. The minimum atomic E-state index is -0.152. The molecule has 3 aromatic carbocycles. The van der Waals surface area contributed by atoms with Crippen LogP contribution in [0.15, 0.2) is 95.6 Å². The largest absolute Gasteiger partial charge is 0.493 e. The molecule has 0 aromatic heterocycles. The fourth-order valence-electron chi connectivity index (χ4n) is 3.20. The van der Waals surface area contributed by atoms with Crippen molar-refractivity contribution in [3.63, 3.8) is 0 Å². The average molecular weight is 382 g/mol. The molecule has 1 aliphatic rings. The summed E-state index contributed by atoms with van der Waals surface area (Å²) < 4.78 is 5.87. The maximum Gasteiger partial charge on any atom is 0.281 e. The third-order valence-electron chi connectivity index (χ3n) is 4.61. The van der Waals surface area contributed by atoms with Gasteiger partial charge in [0.2, 0.25) is 0 Å². The zero-order valence-electron chi connectivity index (χ0n) is 16.3. The van der Waals surface area contributed by atoms with Crippen LogP contribution in [0.5, 0.6) is 5.75 Å². The molecule has 1 heterocycles. The number of hydrazone groups is 1. The van der Waals surface area contributed by atoms with Crippen LogP contribution in [0.4, 0.5) is 5.69 Å². The first kappa shape index (κ1) is 18.7. The Labute approximate surface area is 170 Å². The molecule has 4 heteroatoms. The number of nitrogens with zero attached hydrogens (tertiary/aromatic N) is 2. The molecule has 0 atom stereocenters. The van der Waals surface area contributed by atoms with E-state index in [4.69, 9.17) is 4.74 Å². The van der Waals surface area contributed by atoms with Gasteiger partial charge in [-0.05, 0) is 30.7 Å². The fourth-order valence-corrected chi connectivity index (χ4v) is 3.20. The zero-order chi connectivity index (χ0) is 20.1. The normalized spacial score (nSPS) is 14.9. The highest BCUT2D eigenvalue weighted by atomic mass is 16.5. The van der Waals surface area contributed by atoms with E-state index in [1.54, 1.807) is 0 Å². The number of anilines is 1. The third kappa shape index (κ3) is 3.97. The third-order valence-corrected chi connectivity index (χ3v) is 4.61. The van der Waals surface area contributed by atoms with E-state index < -0.39 is 0 Å². The number of hydrogen-bond acceptors (Lipinski definition) is 3. The molecular formula is C25H22N2O2. The molecule has 1 aliphatic heterocycles. The van der Waals surface area contributed by atoms with E-state index in [1.165, 1.54) is 5.01 Å². The number of rotatable bonds is 6. The molecule has 0 radical (unpaired) electrons. The lowest BCUT2D eigenvalue weighted by Gasteiger charge is -2.11. The summed E-state index contributed by atoms with van der Waals surface area (Å²) in [6, 6.07) is 27.0. The molecule has 0 saturated carbocycles. The van der Waals surface area contributed by atoms with Crippen LogP contribution < -0.4 is 9.75 Å². The molecule has 144 valence electrons. The van der Waals surface area contributed by atoms with Crippen molar-refractivity contribution in [1.29, 1.82) is 0 Å². The average Bonchev–Trinajstić information content (AvgIpc) is 3.10. The maximum atomic E-state index is 13.3. The van der Waals surface area contributed by atoms with E-state index in [1.807, 2.05) is 91.0 Å². The van der Waals surface area contributed by atoms with E-state index in [0.29, 0.717) is 17.9 Å². The van der Waals surface area contributed by atoms with Gasteiger partial charge in [0, 0.05) is 11.1 Å². The molecule has 0 fully saturated rings. The first-order valence-corrected chi connectivity index (χ1v) is 9.75. The molecule has 29 heavy (non-hydrogen) atoms. The number of amides is 1.